The Kier molecular flexibility index (Phi) is 4.14. The molecule has 0 saturated heterocycles. The van der Waals surface area contributed by atoms with E-state index < -0.39 is 12.6 Å². The second-order valence-electron chi connectivity index (χ2n) is 7.04. The molecule has 0 fully saturated rings. The van der Waals surface area contributed by atoms with Crippen LogP contribution in [0.1, 0.15) is 16.7 Å². The molecule has 4 rings (SSSR count). The third kappa shape index (κ3) is 3.52. The number of nitrogens with zero attached hydrogens (tertiary/aromatic N) is 1. The highest BCUT2D eigenvalue weighted by molar-refractivity contribution is 6.11. The lowest BCUT2D eigenvalue weighted by Crippen LogP contribution is -2.11. The fourth-order valence-corrected chi connectivity index (χ4v) is 3.73. The summed E-state index contributed by atoms with van der Waals surface area (Å²) in [6.07, 6.45) is -3.35. The summed E-state index contributed by atoms with van der Waals surface area (Å²) in [5.41, 5.74) is 4.55. The van der Waals surface area contributed by atoms with Crippen molar-refractivity contribution in [2.24, 2.45) is 0 Å². The number of pyridine rings is 1. The quantitative estimate of drug-likeness (QED) is 0.357. The van der Waals surface area contributed by atoms with Crippen LogP contribution in [0.4, 0.5) is 13.2 Å². The molecule has 0 bridgehead atoms. The molecular weight excluding hydrogens is 347 g/mol. The van der Waals surface area contributed by atoms with E-state index in [9.17, 15) is 13.2 Å². The summed E-state index contributed by atoms with van der Waals surface area (Å²) in [4.78, 5) is 4.58. The van der Waals surface area contributed by atoms with Gasteiger partial charge in [-0.2, -0.15) is 13.2 Å². The largest absolute Gasteiger partial charge is 0.393 e. The van der Waals surface area contributed by atoms with E-state index in [-0.39, 0.29) is 5.56 Å². The SMILES string of the molecule is Cc1cc(C)cc(-c2nccc3c2ccc2cc(CC(F)(F)F)ccc23)c1. The van der Waals surface area contributed by atoms with Crippen molar-refractivity contribution in [2.75, 3.05) is 0 Å². The fraction of sp³-hybridized carbons (Fsp3) is 0.174. The second kappa shape index (κ2) is 6.38. The van der Waals surface area contributed by atoms with Crippen LogP contribution in [0.15, 0.2) is 60.8 Å². The first-order valence-corrected chi connectivity index (χ1v) is 8.76. The van der Waals surface area contributed by atoms with E-state index in [0.717, 1.165) is 32.8 Å². The zero-order valence-electron chi connectivity index (χ0n) is 15.1. The minimum absolute atomic E-state index is 0.276. The van der Waals surface area contributed by atoms with Gasteiger partial charge < -0.3 is 0 Å². The summed E-state index contributed by atoms with van der Waals surface area (Å²) in [5, 5.41) is 3.74. The van der Waals surface area contributed by atoms with Gasteiger partial charge in [0.05, 0.1) is 12.1 Å². The molecule has 0 atom stereocenters. The summed E-state index contributed by atoms with van der Waals surface area (Å²) in [7, 11) is 0. The standard InChI is InChI=1S/C23H18F3N/c1-14-9-15(2)11-18(10-14)22-21-6-4-17-12-16(13-23(24,25)26)3-5-19(17)20(21)7-8-27-22/h3-12H,13H2,1-2H3. The number of hydrogen-bond acceptors (Lipinski definition) is 1. The molecule has 0 unspecified atom stereocenters. The maximum absolute atomic E-state index is 12.7. The van der Waals surface area contributed by atoms with Crippen LogP contribution in [0.25, 0.3) is 32.8 Å². The van der Waals surface area contributed by atoms with E-state index in [1.807, 2.05) is 18.2 Å². The van der Waals surface area contributed by atoms with Gasteiger partial charge in [-0.05, 0) is 53.8 Å². The van der Waals surface area contributed by atoms with E-state index in [4.69, 9.17) is 0 Å². The monoisotopic (exact) mass is 365 g/mol. The van der Waals surface area contributed by atoms with Crippen LogP contribution in [-0.4, -0.2) is 11.2 Å². The molecule has 0 aliphatic heterocycles. The number of aromatic nitrogens is 1. The molecule has 0 amide bonds. The van der Waals surface area contributed by atoms with Crippen molar-refractivity contribution in [3.05, 3.63) is 77.5 Å². The van der Waals surface area contributed by atoms with E-state index >= 15 is 0 Å². The Balaban J connectivity index is 1.91. The summed E-state index contributed by atoms with van der Waals surface area (Å²) < 4.78 is 38.1. The summed E-state index contributed by atoms with van der Waals surface area (Å²) in [5.74, 6) is 0. The number of hydrogen-bond donors (Lipinski definition) is 0. The highest BCUT2D eigenvalue weighted by Crippen LogP contribution is 2.33. The van der Waals surface area contributed by atoms with Crippen LogP contribution >= 0.6 is 0 Å². The predicted octanol–water partition coefficient (Wildman–Crippen LogP) is 6.78. The number of benzene rings is 3. The Morgan fingerprint density at radius 3 is 2.19 bits per heavy atom. The van der Waals surface area contributed by atoms with E-state index in [1.54, 1.807) is 24.4 Å². The molecule has 0 saturated carbocycles. The smallest absolute Gasteiger partial charge is 0.256 e. The van der Waals surface area contributed by atoms with Crippen molar-refractivity contribution >= 4 is 21.5 Å². The van der Waals surface area contributed by atoms with Crippen LogP contribution < -0.4 is 0 Å². The molecule has 0 radical (unpaired) electrons. The summed E-state index contributed by atoms with van der Waals surface area (Å²) >= 11 is 0. The Morgan fingerprint density at radius 2 is 1.48 bits per heavy atom. The number of fused-ring (bicyclic) bond motifs is 3. The number of halogens is 3. The van der Waals surface area contributed by atoms with Crippen molar-refractivity contribution < 1.29 is 13.2 Å². The lowest BCUT2D eigenvalue weighted by Gasteiger charge is -2.12. The number of aryl methyl sites for hydroxylation is 2. The average molecular weight is 365 g/mol. The minimum Gasteiger partial charge on any atom is -0.256 e. The topological polar surface area (TPSA) is 12.9 Å². The molecule has 27 heavy (non-hydrogen) atoms. The maximum atomic E-state index is 12.7. The van der Waals surface area contributed by atoms with Gasteiger partial charge in [0.15, 0.2) is 0 Å². The first-order valence-electron chi connectivity index (χ1n) is 8.76. The van der Waals surface area contributed by atoms with Crippen LogP contribution in [0.2, 0.25) is 0 Å². The molecule has 136 valence electrons. The van der Waals surface area contributed by atoms with Gasteiger partial charge in [-0.25, -0.2) is 0 Å². The molecule has 1 nitrogen and oxygen atoms in total. The molecular formula is C23H18F3N. The lowest BCUT2D eigenvalue weighted by atomic mass is 9.96. The summed E-state index contributed by atoms with van der Waals surface area (Å²) in [6.45, 7) is 4.11. The van der Waals surface area contributed by atoms with Gasteiger partial charge in [-0.3, -0.25) is 4.98 Å². The first-order chi connectivity index (χ1) is 12.8. The zero-order valence-corrected chi connectivity index (χ0v) is 15.1. The van der Waals surface area contributed by atoms with Crippen molar-refractivity contribution in [1.29, 1.82) is 0 Å². The van der Waals surface area contributed by atoms with Gasteiger partial charge >= 0.3 is 6.18 Å². The molecule has 0 N–H and O–H groups in total. The molecule has 1 aromatic heterocycles. The molecule has 0 spiro atoms. The maximum Gasteiger partial charge on any atom is 0.393 e. The van der Waals surface area contributed by atoms with Crippen molar-refractivity contribution in [3.63, 3.8) is 0 Å². The molecule has 0 aliphatic rings. The van der Waals surface area contributed by atoms with Gasteiger partial charge in [-0.15, -0.1) is 0 Å². The highest BCUT2D eigenvalue weighted by Gasteiger charge is 2.27. The van der Waals surface area contributed by atoms with Crippen LogP contribution in [0.3, 0.4) is 0 Å². The molecule has 3 aromatic carbocycles. The van der Waals surface area contributed by atoms with E-state index in [0.29, 0.717) is 0 Å². The van der Waals surface area contributed by atoms with Gasteiger partial charge in [-0.1, -0.05) is 47.5 Å². The van der Waals surface area contributed by atoms with Gasteiger partial charge in [0.25, 0.3) is 0 Å². The van der Waals surface area contributed by atoms with Crippen molar-refractivity contribution in [1.82, 2.24) is 4.98 Å². The molecule has 4 aromatic rings. The first kappa shape index (κ1) is 17.5. The van der Waals surface area contributed by atoms with Gasteiger partial charge in [0.2, 0.25) is 0 Å². The highest BCUT2D eigenvalue weighted by atomic mass is 19.4. The second-order valence-corrected chi connectivity index (χ2v) is 7.04. The predicted molar refractivity (Wildman–Crippen MR) is 104 cm³/mol. The van der Waals surface area contributed by atoms with Crippen molar-refractivity contribution in [2.45, 2.75) is 26.4 Å². The Labute approximate surface area is 155 Å². The average Bonchev–Trinajstić information content (AvgIpc) is 2.58. The van der Waals surface area contributed by atoms with Crippen LogP contribution in [0.5, 0.6) is 0 Å². The molecule has 4 heteroatoms. The fourth-order valence-electron chi connectivity index (χ4n) is 3.73. The third-order valence-corrected chi connectivity index (χ3v) is 4.73. The third-order valence-electron chi connectivity index (χ3n) is 4.73. The number of rotatable bonds is 2. The Bertz CT molecular complexity index is 1140. The molecule has 1 heterocycles. The minimum atomic E-state index is -4.20. The van der Waals surface area contributed by atoms with Gasteiger partial charge in [0.1, 0.15) is 0 Å². The van der Waals surface area contributed by atoms with Gasteiger partial charge in [0, 0.05) is 17.1 Å². The van der Waals surface area contributed by atoms with Crippen LogP contribution in [-0.2, 0) is 6.42 Å². The zero-order chi connectivity index (χ0) is 19.2. The van der Waals surface area contributed by atoms with E-state index in [2.05, 4.69) is 37.0 Å². The Hall–Kier alpha value is -2.88. The van der Waals surface area contributed by atoms with E-state index in [1.165, 1.54) is 11.1 Å². The normalized spacial score (nSPS) is 12.0. The van der Waals surface area contributed by atoms with Crippen molar-refractivity contribution in [3.8, 4) is 11.3 Å². The number of alkyl halides is 3. The van der Waals surface area contributed by atoms with Crippen LogP contribution in [0, 0.1) is 13.8 Å². The Morgan fingerprint density at radius 1 is 0.778 bits per heavy atom. The molecule has 0 aliphatic carbocycles. The summed E-state index contributed by atoms with van der Waals surface area (Å²) in [6, 6.07) is 17.0. The lowest BCUT2D eigenvalue weighted by molar-refractivity contribution is -0.127.